The highest BCUT2D eigenvalue weighted by molar-refractivity contribution is 5.69. The van der Waals surface area contributed by atoms with Gasteiger partial charge in [0, 0.05) is 13.1 Å². The van der Waals surface area contributed by atoms with Gasteiger partial charge in [0.1, 0.15) is 5.60 Å². The molecule has 15 heavy (non-hydrogen) atoms. The number of ether oxygens (including phenoxy) is 1. The summed E-state index contributed by atoms with van der Waals surface area (Å²) in [7, 11) is 0. The minimum absolute atomic E-state index is 0.160. The number of hydrogen-bond donors (Lipinski definition) is 1. The molecule has 1 unspecified atom stereocenters. The molecule has 0 bridgehead atoms. The smallest absolute Gasteiger partial charge is 0.410 e. The number of carbonyl (C=O) groups is 1. The van der Waals surface area contributed by atoms with Crippen molar-refractivity contribution in [3.63, 3.8) is 0 Å². The van der Waals surface area contributed by atoms with Gasteiger partial charge in [-0.15, -0.1) is 0 Å². The predicted molar refractivity (Wildman–Crippen MR) is 57.7 cm³/mol. The van der Waals surface area contributed by atoms with Gasteiger partial charge in [-0.25, -0.2) is 4.79 Å². The Morgan fingerprint density at radius 1 is 1.47 bits per heavy atom. The Hall–Kier alpha value is -0.770. The topological polar surface area (TPSA) is 41.6 Å². The molecule has 2 fully saturated rings. The van der Waals surface area contributed by atoms with Crippen LogP contribution < -0.4 is 5.32 Å². The summed E-state index contributed by atoms with van der Waals surface area (Å²) in [6.07, 6.45) is 1.02. The average molecular weight is 212 g/mol. The van der Waals surface area contributed by atoms with Crippen LogP contribution in [0.1, 0.15) is 27.2 Å². The van der Waals surface area contributed by atoms with Crippen LogP contribution in [-0.2, 0) is 4.74 Å². The van der Waals surface area contributed by atoms with Crippen molar-refractivity contribution in [3.8, 4) is 0 Å². The molecule has 0 radical (unpaired) electrons. The van der Waals surface area contributed by atoms with E-state index < -0.39 is 0 Å². The van der Waals surface area contributed by atoms with E-state index >= 15 is 0 Å². The quantitative estimate of drug-likeness (QED) is 0.656. The monoisotopic (exact) mass is 212 g/mol. The third-order valence-electron chi connectivity index (χ3n) is 3.05. The van der Waals surface area contributed by atoms with Gasteiger partial charge in [-0.1, -0.05) is 0 Å². The third kappa shape index (κ3) is 2.25. The lowest BCUT2D eigenvalue weighted by molar-refractivity contribution is -0.0381. The van der Waals surface area contributed by atoms with E-state index in [1.54, 1.807) is 0 Å². The Morgan fingerprint density at radius 2 is 2.20 bits per heavy atom. The maximum absolute atomic E-state index is 11.8. The number of amides is 1. The molecule has 2 aliphatic heterocycles. The molecule has 4 heteroatoms. The Kier molecular flexibility index (Phi) is 2.63. The molecule has 0 aromatic heterocycles. The van der Waals surface area contributed by atoms with Gasteiger partial charge in [-0.05, 0) is 39.7 Å². The van der Waals surface area contributed by atoms with Gasteiger partial charge >= 0.3 is 6.09 Å². The molecular formula is C11H20N2O2. The van der Waals surface area contributed by atoms with Crippen LogP contribution in [0.3, 0.4) is 0 Å². The Labute approximate surface area is 91.0 Å². The zero-order valence-electron chi connectivity index (χ0n) is 9.75. The van der Waals surface area contributed by atoms with E-state index in [0.717, 1.165) is 19.6 Å². The lowest BCUT2D eigenvalue weighted by Crippen LogP contribution is -2.65. The molecule has 2 rings (SSSR count). The summed E-state index contributed by atoms with van der Waals surface area (Å²) in [6, 6.07) is 0.369. The molecule has 2 saturated heterocycles. The highest BCUT2D eigenvalue weighted by atomic mass is 16.6. The summed E-state index contributed by atoms with van der Waals surface area (Å²) < 4.78 is 5.35. The molecule has 0 saturated carbocycles. The maximum Gasteiger partial charge on any atom is 0.410 e. The molecule has 2 aliphatic rings. The van der Waals surface area contributed by atoms with Crippen LogP contribution in [-0.4, -0.2) is 42.3 Å². The molecule has 86 valence electrons. The van der Waals surface area contributed by atoms with E-state index in [9.17, 15) is 4.79 Å². The lowest BCUT2D eigenvalue weighted by Gasteiger charge is -2.50. The highest BCUT2D eigenvalue weighted by Gasteiger charge is 2.44. The molecule has 1 amide bonds. The molecule has 4 nitrogen and oxygen atoms in total. The van der Waals surface area contributed by atoms with E-state index in [-0.39, 0.29) is 11.7 Å². The number of piperidine rings is 1. The van der Waals surface area contributed by atoms with Gasteiger partial charge in [0.15, 0.2) is 0 Å². The fourth-order valence-corrected chi connectivity index (χ4v) is 2.25. The first-order valence-electron chi connectivity index (χ1n) is 5.68. The molecule has 0 aliphatic carbocycles. The maximum atomic E-state index is 11.8. The highest BCUT2D eigenvalue weighted by Crippen LogP contribution is 2.30. The van der Waals surface area contributed by atoms with Crippen molar-refractivity contribution in [2.75, 3.05) is 19.6 Å². The zero-order chi connectivity index (χ0) is 11.1. The second kappa shape index (κ2) is 3.67. The summed E-state index contributed by atoms with van der Waals surface area (Å²) in [6.45, 7) is 8.60. The van der Waals surface area contributed by atoms with E-state index in [1.807, 2.05) is 25.7 Å². The van der Waals surface area contributed by atoms with Crippen molar-refractivity contribution in [1.82, 2.24) is 10.2 Å². The minimum atomic E-state index is -0.385. The number of carbonyl (C=O) groups excluding carboxylic acids is 1. The van der Waals surface area contributed by atoms with Gasteiger partial charge < -0.3 is 15.0 Å². The number of nitrogens with one attached hydrogen (secondary N) is 1. The van der Waals surface area contributed by atoms with Crippen LogP contribution in [0, 0.1) is 5.92 Å². The van der Waals surface area contributed by atoms with E-state index in [4.69, 9.17) is 4.74 Å². The number of nitrogens with zero attached hydrogens (tertiary/aromatic N) is 1. The van der Waals surface area contributed by atoms with Crippen LogP contribution >= 0.6 is 0 Å². The SMILES string of the molecule is CC(C)(C)OC(=O)N1C[C@@H]2CCNCC21. The molecular weight excluding hydrogens is 192 g/mol. The summed E-state index contributed by atoms with van der Waals surface area (Å²) in [5, 5.41) is 3.31. The first-order chi connectivity index (χ1) is 6.97. The van der Waals surface area contributed by atoms with Crippen molar-refractivity contribution in [2.45, 2.75) is 38.8 Å². The van der Waals surface area contributed by atoms with Crippen LogP contribution in [0.5, 0.6) is 0 Å². The van der Waals surface area contributed by atoms with Crippen molar-refractivity contribution < 1.29 is 9.53 Å². The van der Waals surface area contributed by atoms with Crippen LogP contribution in [0.25, 0.3) is 0 Å². The Morgan fingerprint density at radius 3 is 2.80 bits per heavy atom. The van der Waals surface area contributed by atoms with Gasteiger partial charge in [-0.2, -0.15) is 0 Å². The van der Waals surface area contributed by atoms with Crippen molar-refractivity contribution in [1.29, 1.82) is 0 Å². The summed E-state index contributed by atoms with van der Waals surface area (Å²) in [4.78, 5) is 13.6. The summed E-state index contributed by atoms with van der Waals surface area (Å²) in [5.41, 5.74) is -0.385. The number of hydrogen-bond acceptors (Lipinski definition) is 3. The predicted octanol–water partition coefficient (Wildman–Crippen LogP) is 1.22. The Bertz CT molecular complexity index is 260. The van der Waals surface area contributed by atoms with Crippen LogP contribution in [0.4, 0.5) is 4.79 Å². The first kappa shape index (κ1) is 10.7. The normalized spacial score (nSPS) is 30.5. The first-order valence-corrected chi connectivity index (χ1v) is 5.68. The largest absolute Gasteiger partial charge is 0.444 e. The molecule has 2 atom stereocenters. The number of likely N-dealkylation sites (tertiary alicyclic amines) is 1. The van der Waals surface area contributed by atoms with Gasteiger partial charge in [-0.3, -0.25) is 0 Å². The van der Waals surface area contributed by atoms with Crippen molar-refractivity contribution >= 4 is 6.09 Å². The summed E-state index contributed by atoms with van der Waals surface area (Å²) in [5.74, 6) is 0.693. The standard InChI is InChI=1S/C11H20N2O2/c1-11(2,3)15-10(14)13-7-8-4-5-12-6-9(8)13/h8-9,12H,4-7H2,1-3H3/t8-,9?/m0/s1. The van der Waals surface area contributed by atoms with Crippen LogP contribution in [0.15, 0.2) is 0 Å². The molecule has 1 N–H and O–H groups in total. The minimum Gasteiger partial charge on any atom is -0.444 e. The fourth-order valence-electron chi connectivity index (χ4n) is 2.25. The molecule has 0 spiro atoms. The second-order valence-electron chi connectivity index (χ2n) is 5.45. The van der Waals surface area contributed by atoms with E-state index in [0.29, 0.717) is 12.0 Å². The van der Waals surface area contributed by atoms with Gasteiger partial charge in [0.05, 0.1) is 6.04 Å². The number of fused-ring (bicyclic) bond motifs is 1. The van der Waals surface area contributed by atoms with E-state index in [2.05, 4.69) is 5.32 Å². The van der Waals surface area contributed by atoms with Gasteiger partial charge in [0.25, 0.3) is 0 Å². The molecule has 0 aromatic carbocycles. The lowest BCUT2D eigenvalue weighted by atomic mass is 9.83. The van der Waals surface area contributed by atoms with Crippen molar-refractivity contribution in [3.05, 3.63) is 0 Å². The zero-order valence-corrected chi connectivity index (χ0v) is 9.75. The third-order valence-corrected chi connectivity index (χ3v) is 3.05. The fraction of sp³-hybridized carbons (Fsp3) is 0.909. The Balaban J connectivity index is 1.88. The van der Waals surface area contributed by atoms with Gasteiger partial charge in [0.2, 0.25) is 0 Å². The van der Waals surface area contributed by atoms with Crippen molar-refractivity contribution in [2.24, 2.45) is 5.92 Å². The summed E-state index contributed by atoms with van der Waals surface area (Å²) >= 11 is 0. The average Bonchev–Trinajstić information content (AvgIpc) is 2.03. The second-order valence-corrected chi connectivity index (χ2v) is 5.45. The van der Waals surface area contributed by atoms with E-state index in [1.165, 1.54) is 6.42 Å². The molecule has 2 heterocycles. The van der Waals surface area contributed by atoms with Crippen LogP contribution in [0.2, 0.25) is 0 Å². The number of rotatable bonds is 0. The molecule has 0 aromatic rings.